The van der Waals surface area contributed by atoms with E-state index in [-0.39, 0.29) is 12.2 Å². The highest BCUT2D eigenvalue weighted by Gasteiger charge is 2.22. The number of benzene rings is 1. The zero-order valence-electron chi connectivity index (χ0n) is 12.6. The zero-order valence-corrected chi connectivity index (χ0v) is 12.6. The van der Waals surface area contributed by atoms with E-state index in [1.54, 1.807) is 0 Å². The van der Waals surface area contributed by atoms with Gasteiger partial charge in [0.1, 0.15) is 25.4 Å². The summed E-state index contributed by atoms with van der Waals surface area (Å²) in [5, 5.41) is 0. The highest BCUT2D eigenvalue weighted by molar-refractivity contribution is 5.39. The third-order valence-electron chi connectivity index (χ3n) is 3.23. The largest absolute Gasteiger partial charge is 0.487 e. The molecule has 2 atom stereocenters. The quantitative estimate of drug-likeness (QED) is 0.428. The van der Waals surface area contributed by atoms with Gasteiger partial charge >= 0.3 is 0 Å². The van der Waals surface area contributed by atoms with Crippen LogP contribution in [-0.2, 0) is 18.9 Å². The van der Waals surface area contributed by atoms with Crippen LogP contribution in [0.1, 0.15) is 0 Å². The van der Waals surface area contributed by atoms with Crippen molar-refractivity contribution in [2.75, 3.05) is 52.9 Å². The molecule has 6 nitrogen and oxygen atoms in total. The van der Waals surface area contributed by atoms with Crippen molar-refractivity contribution >= 4 is 0 Å². The van der Waals surface area contributed by atoms with Gasteiger partial charge in [0.05, 0.1) is 39.6 Å². The molecule has 6 heteroatoms. The molecule has 0 radical (unpaired) electrons. The van der Waals surface area contributed by atoms with Gasteiger partial charge < -0.3 is 28.4 Å². The van der Waals surface area contributed by atoms with Gasteiger partial charge in [-0.05, 0) is 12.1 Å². The Bertz CT molecular complexity index is 403. The summed E-state index contributed by atoms with van der Waals surface area (Å²) >= 11 is 0. The summed E-state index contributed by atoms with van der Waals surface area (Å²) in [6, 6.07) is 7.61. The van der Waals surface area contributed by atoms with E-state index >= 15 is 0 Å². The molecule has 2 fully saturated rings. The third kappa shape index (κ3) is 5.81. The van der Waals surface area contributed by atoms with Crippen molar-refractivity contribution in [3.8, 4) is 11.5 Å². The van der Waals surface area contributed by atoms with Crippen LogP contribution in [0.2, 0.25) is 0 Å². The number of hydrogen-bond acceptors (Lipinski definition) is 6. The second-order valence-electron chi connectivity index (χ2n) is 5.20. The van der Waals surface area contributed by atoms with Crippen LogP contribution in [0.15, 0.2) is 24.3 Å². The van der Waals surface area contributed by atoms with Crippen LogP contribution in [0, 0.1) is 0 Å². The Morgan fingerprint density at radius 3 is 1.64 bits per heavy atom. The molecule has 122 valence electrons. The van der Waals surface area contributed by atoms with E-state index in [0.29, 0.717) is 39.6 Å². The number of rotatable bonds is 12. The van der Waals surface area contributed by atoms with Gasteiger partial charge in [0.25, 0.3) is 0 Å². The fourth-order valence-electron chi connectivity index (χ4n) is 1.87. The fraction of sp³-hybridized carbons (Fsp3) is 0.625. The highest BCUT2D eigenvalue weighted by Crippen LogP contribution is 2.26. The van der Waals surface area contributed by atoms with E-state index in [2.05, 4.69) is 0 Å². The van der Waals surface area contributed by atoms with Crippen LogP contribution in [-0.4, -0.2) is 65.1 Å². The molecule has 0 aliphatic carbocycles. The Kier molecular flexibility index (Phi) is 5.89. The standard InChI is InChI=1S/C16H22O6/c1-2-4-16(20-8-6-18-10-14-12-22-14)15(3-1)19-7-5-17-9-13-11-21-13/h1-4,13-14H,5-12H2. The average Bonchev–Trinajstić information content (AvgIpc) is 3.43. The van der Waals surface area contributed by atoms with E-state index in [1.807, 2.05) is 24.3 Å². The number of ether oxygens (including phenoxy) is 6. The molecule has 22 heavy (non-hydrogen) atoms. The molecule has 2 aliphatic heterocycles. The first-order valence-electron chi connectivity index (χ1n) is 7.65. The first kappa shape index (κ1) is 15.6. The second-order valence-corrected chi connectivity index (χ2v) is 5.20. The maximum atomic E-state index is 5.69. The third-order valence-corrected chi connectivity index (χ3v) is 3.23. The van der Waals surface area contributed by atoms with Gasteiger partial charge in [0.2, 0.25) is 0 Å². The minimum Gasteiger partial charge on any atom is -0.487 e. The van der Waals surface area contributed by atoms with Gasteiger partial charge in [0.15, 0.2) is 11.5 Å². The predicted octanol–water partition coefficient (Wildman–Crippen LogP) is 1.27. The summed E-state index contributed by atoms with van der Waals surface area (Å²) in [7, 11) is 0. The lowest BCUT2D eigenvalue weighted by molar-refractivity contribution is 0.0801. The molecular weight excluding hydrogens is 288 g/mol. The molecular formula is C16H22O6. The topological polar surface area (TPSA) is 62.0 Å². The maximum absolute atomic E-state index is 5.69. The van der Waals surface area contributed by atoms with E-state index in [9.17, 15) is 0 Å². The Balaban J connectivity index is 1.30. The summed E-state index contributed by atoms with van der Waals surface area (Å²) in [6.07, 6.45) is 0.577. The van der Waals surface area contributed by atoms with Gasteiger partial charge in [-0.1, -0.05) is 12.1 Å². The van der Waals surface area contributed by atoms with Crippen LogP contribution >= 0.6 is 0 Å². The smallest absolute Gasteiger partial charge is 0.161 e. The fourth-order valence-corrected chi connectivity index (χ4v) is 1.87. The van der Waals surface area contributed by atoms with E-state index in [4.69, 9.17) is 28.4 Å². The zero-order chi connectivity index (χ0) is 15.0. The molecule has 0 aromatic heterocycles. The van der Waals surface area contributed by atoms with Crippen molar-refractivity contribution in [3.05, 3.63) is 24.3 Å². The summed E-state index contributed by atoms with van der Waals surface area (Å²) in [6.45, 7) is 4.97. The number of para-hydroxylation sites is 2. The van der Waals surface area contributed by atoms with Crippen molar-refractivity contribution in [1.82, 2.24) is 0 Å². The normalized spacial score (nSPS) is 22.4. The Hall–Kier alpha value is -1.34. The average molecular weight is 310 g/mol. The minimum absolute atomic E-state index is 0.289. The van der Waals surface area contributed by atoms with Gasteiger partial charge in [-0.15, -0.1) is 0 Å². The Morgan fingerprint density at radius 2 is 1.23 bits per heavy atom. The molecule has 0 spiro atoms. The summed E-state index contributed by atoms with van der Waals surface area (Å²) < 4.78 is 32.4. The van der Waals surface area contributed by atoms with Crippen LogP contribution in [0.4, 0.5) is 0 Å². The van der Waals surface area contributed by atoms with Gasteiger partial charge in [-0.3, -0.25) is 0 Å². The van der Waals surface area contributed by atoms with Crippen molar-refractivity contribution in [1.29, 1.82) is 0 Å². The molecule has 1 aromatic rings. The molecule has 2 aliphatic rings. The molecule has 2 saturated heterocycles. The van der Waals surface area contributed by atoms with Crippen molar-refractivity contribution < 1.29 is 28.4 Å². The lowest BCUT2D eigenvalue weighted by Crippen LogP contribution is -2.12. The SMILES string of the molecule is c1ccc(OCCOCC2CO2)c(OCCOCC2CO2)c1. The molecule has 0 amide bonds. The molecule has 0 N–H and O–H groups in total. The second kappa shape index (κ2) is 8.33. The predicted molar refractivity (Wildman–Crippen MR) is 78.6 cm³/mol. The van der Waals surface area contributed by atoms with E-state index in [1.165, 1.54) is 0 Å². The van der Waals surface area contributed by atoms with Crippen LogP contribution in [0.3, 0.4) is 0 Å². The van der Waals surface area contributed by atoms with Crippen LogP contribution in [0.25, 0.3) is 0 Å². The molecule has 3 rings (SSSR count). The molecule has 1 aromatic carbocycles. The number of hydrogen-bond donors (Lipinski definition) is 0. The summed E-state index contributed by atoms with van der Waals surface area (Å²) in [5.41, 5.74) is 0. The number of epoxide rings is 2. The van der Waals surface area contributed by atoms with Crippen LogP contribution in [0.5, 0.6) is 11.5 Å². The maximum Gasteiger partial charge on any atom is 0.161 e. The van der Waals surface area contributed by atoms with Gasteiger partial charge in [0, 0.05) is 0 Å². The first-order valence-corrected chi connectivity index (χ1v) is 7.65. The van der Waals surface area contributed by atoms with Crippen LogP contribution < -0.4 is 9.47 Å². The minimum atomic E-state index is 0.289. The molecule has 0 bridgehead atoms. The lowest BCUT2D eigenvalue weighted by atomic mass is 10.3. The van der Waals surface area contributed by atoms with E-state index in [0.717, 1.165) is 24.7 Å². The lowest BCUT2D eigenvalue weighted by Gasteiger charge is -2.12. The summed E-state index contributed by atoms with van der Waals surface area (Å²) in [5.74, 6) is 1.44. The monoisotopic (exact) mass is 310 g/mol. The van der Waals surface area contributed by atoms with Crippen molar-refractivity contribution in [2.24, 2.45) is 0 Å². The van der Waals surface area contributed by atoms with Crippen molar-refractivity contribution in [2.45, 2.75) is 12.2 Å². The Labute approximate surface area is 130 Å². The van der Waals surface area contributed by atoms with Gasteiger partial charge in [-0.2, -0.15) is 0 Å². The summed E-state index contributed by atoms with van der Waals surface area (Å²) in [4.78, 5) is 0. The van der Waals surface area contributed by atoms with Crippen molar-refractivity contribution in [3.63, 3.8) is 0 Å². The molecule has 2 heterocycles. The first-order chi connectivity index (χ1) is 10.9. The molecule has 2 unspecified atom stereocenters. The highest BCUT2D eigenvalue weighted by atomic mass is 16.6. The Morgan fingerprint density at radius 1 is 0.773 bits per heavy atom. The van der Waals surface area contributed by atoms with E-state index < -0.39 is 0 Å². The molecule has 0 saturated carbocycles. The van der Waals surface area contributed by atoms with Gasteiger partial charge in [-0.25, -0.2) is 0 Å².